The third kappa shape index (κ3) is 3.71. The lowest BCUT2D eigenvalue weighted by atomic mass is 9.91. The Hall–Kier alpha value is -1.60. The zero-order valence-corrected chi connectivity index (χ0v) is 12.0. The van der Waals surface area contributed by atoms with Crippen molar-refractivity contribution < 1.29 is 0 Å². The average Bonchev–Trinajstić information content (AvgIpc) is 2.50. The maximum Gasteiger partial charge on any atom is 0.0233 e. The van der Waals surface area contributed by atoms with E-state index >= 15 is 0 Å². The molecule has 1 nitrogen and oxygen atoms in total. The maximum absolute atomic E-state index is 2.62. The molecule has 0 saturated carbocycles. The second kappa shape index (κ2) is 6.71. The molecule has 20 heavy (non-hydrogen) atoms. The van der Waals surface area contributed by atoms with E-state index in [0.29, 0.717) is 0 Å². The fourth-order valence-corrected chi connectivity index (χ4v) is 3.25. The number of likely N-dealkylation sites (tertiary alicyclic amines) is 1. The van der Waals surface area contributed by atoms with E-state index in [1.54, 1.807) is 0 Å². The molecule has 0 bridgehead atoms. The van der Waals surface area contributed by atoms with Gasteiger partial charge in [0.25, 0.3) is 0 Å². The molecule has 1 unspecified atom stereocenters. The number of nitrogens with zero attached hydrogens (tertiary/aromatic N) is 1. The summed E-state index contributed by atoms with van der Waals surface area (Å²) in [5, 5.41) is 0. The van der Waals surface area contributed by atoms with Crippen LogP contribution in [0.1, 0.15) is 24.0 Å². The first-order chi connectivity index (χ1) is 9.90. The quantitative estimate of drug-likeness (QED) is 0.803. The highest BCUT2D eigenvalue weighted by Crippen LogP contribution is 2.22. The van der Waals surface area contributed by atoms with Crippen molar-refractivity contribution in [1.82, 2.24) is 4.90 Å². The lowest BCUT2D eigenvalue weighted by molar-refractivity contribution is 0.167. The fraction of sp³-hybridized carbons (Fsp3) is 0.368. The first-order valence-corrected chi connectivity index (χ1v) is 7.70. The normalized spacial score (nSPS) is 19.9. The first kappa shape index (κ1) is 13.4. The molecule has 0 amide bonds. The Kier molecular flexibility index (Phi) is 4.49. The second-order valence-electron chi connectivity index (χ2n) is 5.92. The van der Waals surface area contributed by atoms with Crippen LogP contribution in [0.3, 0.4) is 0 Å². The number of piperidine rings is 1. The van der Waals surface area contributed by atoms with Gasteiger partial charge in [0.05, 0.1) is 0 Å². The fourth-order valence-electron chi connectivity index (χ4n) is 3.25. The summed E-state index contributed by atoms with van der Waals surface area (Å²) in [4.78, 5) is 2.62. The van der Waals surface area contributed by atoms with Gasteiger partial charge in [-0.3, -0.25) is 4.90 Å². The molecule has 0 radical (unpaired) electrons. The molecule has 1 heterocycles. The zero-order chi connectivity index (χ0) is 13.6. The predicted molar refractivity (Wildman–Crippen MR) is 84.6 cm³/mol. The Balaban J connectivity index is 1.57. The molecule has 104 valence electrons. The molecule has 1 heteroatoms. The lowest BCUT2D eigenvalue weighted by Gasteiger charge is -2.33. The number of hydrogen-bond acceptors (Lipinski definition) is 1. The summed E-state index contributed by atoms with van der Waals surface area (Å²) < 4.78 is 0. The first-order valence-electron chi connectivity index (χ1n) is 7.70. The second-order valence-corrected chi connectivity index (χ2v) is 5.92. The van der Waals surface area contributed by atoms with Crippen LogP contribution in [0.15, 0.2) is 60.7 Å². The minimum Gasteiger partial charge on any atom is -0.299 e. The van der Waals surface area contributed by atoms with Crippen LogP contribution in [-0.2, 0) is 13.0 Å². The molecule has 0 N–H and O–H groups in total. The zero-order valence-electron chi connectivity index (χ0n) is 12.0. The summed E-state index contributed by atoms with van der Waals surface area (Å²) in [5.74, 6) is 0.815. The molecule has 0 aromatic heterocycles. The van der Waals surface area contributed by atoms with E-state index in [0.717, 1.165) is 12.5 Å². The van der Waals surface area contributed by atoms with E-state index in [1.165, 1.54) is 43.5 Å². The van der Waals surface area contributed by atoms with Gasteiger partial charge >= 0.3 is 0 Å². The van der Waals surface area contributed by atoms with Crippen LogP contribution < -0.4 is 0 Å². The molecular weight excluding hydrogens is 242 g/mol. The van der Waals surface area contributed by atoms with Gasteiger partial charge in [-0.1, -0.05) is 60.7 Å². The smallest absolute Gasteiger partial charge is 0.0233 e. The van der Waals surface area contributed by atoms with Crippen molar-refractivity contribution in [1.29, 1.82) is 0 Å². The van der Waals surface area contributed by atoms with E-state index in [2.05, 4.69) is 65.6 Å². The van der Waals surface area contributed by atoms with Crippen LogP contribution in [0, 0.1) is 5.92 Å². The topological polar surface area (TPSA) is 3.24 Å². The van der Waals surface area contributed by atoms with E-state index in [-0.39, 0.29) is 0 Å². The van der Waals surface area contributed by atoms with Gasteiger partial charge in [-0.25, -0.2) is 0 Å². The Morgan fingerprint density at radius 3 is 2.20 bits per heavy atom. The van der Waals surface area contributed by atoms with E-state index < -0.39 is 0 Å². The molecule has 1 atom stereocenters. The third-order valence-corrected chi connectivity index (χ3v) is 4.22. The summed E-state index contributed by atoms with van der Waals surface area (Å²) in [6, 6.07) is 21.8. The van der Waals surface area contributed by atoms with Crippen LogP contribution in [-0.4, -0.2) is 18.0 Å². The van der Waals surface area contributed by atoms with Crippen LogP contribution in [0.25, 0.3) is 0 Å². The van der Waals surface area contributed by atoms with Gasteiger partial charge in [0.1, 0.15) is 0 Å². The van der Waals surface area contributed by atoms with Crippen LogP contribution in [0.4, 0.5) is 0 Å². The van der Waals surface area contributed by atoms with Crippen molar-refractivity contribution in [3.05, 3.63) is 71.8 Å². The van der Waals surface area contributed by atoms with Crippen molar-refractivity contribution in [2.75, 3.05) is 13.1 Å². The molecule has 0 spiro atoms. The Labute approximate surface area is 122 Å². The van der Waals surface area contributed by atoms with Gasteiger partial charge < -0.3 is 0 Å². The molecule has 1 aliphatic rings. The number of hydrogen-bond donors (Lipinski definition) is 0. The standard InChI is InChI=1S/C19H23N/c1-3-8-17(9-4-1)14-19-12-7-13-20(16-19)15-18-10-5-2-6-11-18/h1-6,8-11,19H,7,12-16H2. The summed E-state index contributed by atoms with van der Waals surface area (Å²) in [7, 11) is 0. The average molecular weight is 265 g/mol. The monoisotopic (exact) mass is 265 g/mol. The summed E-state index contributed by atoms with van der Waals surface area (Å²) in [6.45, 7) is 3.59. The maximum atomic E-state index is 2.62. The minimum absolute atomic E-state index is 0.815. The third-order valence-electron chi connectivity index (χ3n) is 4.22. The van der Waals surface area contributed by atoms with Crippen molar-refractivity contribution in [2.45, 2.75) is 25.8 Å². The molecule has 2 aromatic carbocycles. The summed E-state index contributed by atoms with van der Waals surface area (Å²) in [6.07, 6.45) is 3.94. The van der Waals surface area contributed by atoms with Crippen molar-refractivity contribution >= 4 is 0 Å². The van der Waals surface area contributed by atoms with Crippen LogP contribution in [0.2, 0.25) is 0 Å². The summed E-state index contributed by atoms with van der Waals surface area (Å²) >= 11 is 0. The van der Waals surface area contributed by atoms with Gasteiger partial charge in [0.2, 0.25) is 0 Å². The van der Waals surface area contributed by atoms with Crippen molar-refractivity contribution in [2.24, 2.45) is 5.92 Å². The van der Waals surface area contributed by atoms with Crippen molar-refractivity contribution in [3.8, 4) is 0 Å². The van der Waals surface area contributed by atoms with Gasteiger partial charge in [-0.2, -0.15) is 0 Å². The lowest BCUT2D eigenvalue weighted by Crippen LogP contribution is -2.35. The Bertz CT molecular complexity index is 458. The van der Waals surface area contributed by atoms with Gasteiger partial charge in [0.15, 0.2) is 0 Å². The highest BCUT2D eigenvalue weighted by atomic mass is 15.1. The highest BCUT2D eigenvalue weighted by Gasteiger charge is 2.20. The van der Waals surface area contributed by atoms with Crippen molar-refractivity contribution in [3.63, 3.8) is 0 Å². The molecule has 1 fully saturated rings. The molecule has 0 aliphatic carbocycles. The predicted octanol–water partition coefficient (Wildman–Crippen LogP) is 4.14. The molecule has 2 aromatic rings. The van der Waals surface area contributed by atoms with E-state index in [4.69, 9.17) is 0 Å². The minimum atomic E-state index is 0.815. The molecular formula is C19H23N. The Morgan fingerprint density at radius 1 is 0.850 bits per heavy atom. The summed E-state index contributed by atoms with van der Waals surface area (Å²) in [5.41, 5.74) is 2.92. The van der Waals surface area contributed by atoms with Crippen LogP contribution >= 0.6 is 0 Å². The SMILES string of the molecule is c1ccc(CC2CCCN(Cc3ccccc3)C2)cc1. The van der Waals surface area contributed by atoms with Gasteiger partial charge in [0, 0.05) is 13.1 Å². The molecule has 1 aliphatic heterocycles. The van der Waals surface area contributed by atoms with Gasteiger partial charge in [-0.15, -0.1) is 0 Å². The molecule has 1 saturated heterocycles. The number of benzene rings is 2. The van der Waals surface area contributed by atoms with Gasteiger partial charge in [-0.05, 0) is 42.9 Å². The van der Waals surface area contributed by atoms with E-state index in [9.17, 15) is 0 Å². The number of rotatable bonds is 4. The Morgan fingerprint density at radius 2 is 1.50 bits per heavy atom. The van der Waals surface area contributed by atoms with E-state index in [1.807, 2.05) is 0 Å². The molecule has 3 rings (SSSR count). The highest BCUT2D eigenvalue weighted by molar-refractivity contribution is 5.16. The van der Waals surface area contributed by atoms with Crippen LogP contribution in [0.5, 0.6) is 0 Å². The largest absolute Gasteiger partial charge is 0.299 e.